The predicted molar refractivity (Wildman–Crippen MR) is 100 cm³/mol. The van der Waals surface area contributed by atoms with Crippen molar-refractivity contribution in [1.82, 2.24) is 14.9 Å². The molecule has 0 radical (unpaired) electrons. The third-order valence-corrected chi connectivity index (χ3v) is 4.55. The Labute approximate surface area is 154 Å². The van der Waals surface area contributed by atoms with Gasteiger partial charge in [-0.3, -0.25) is 23.9 Å². The van der Waals surface area contributed by atoms with Gasteiger partial charge in [0.15, 0.2) is 0 Å². The molecular formula is C20H16N4O3. The maximum Gasteiger partial charge on any atom is 0.268 e. The molecule has 2 aromatic heterocycles. The van der Waals surface area contributed by atoms with Crippen LogP contribution in [0.2, 0.25) is 0 Å². The summed E-state index contributed by atoms with van der Waals surface area (Å²) >= 11 is 0. The van der Waals surface area contributed by atoms with Gasteiger partial charge in [-0.1, -0.05) is 6.07 Å². The molecule has 0 fully saturated rings. The molecule has 7 heteroatoms. The summed E-state index contributed by atoms with van der Waals surface area (Å²) in [5.41, 5.74) is 2.54. The van der Waals surface area contributed by atoms with Gasteiger partial charge in [-0.15, -0.1) is 0 Å². The van der Waals surface area contributed by atoms with E-state index >= 15 is 0 Å². The van der Waals surface area contributed by atoms with E-state index in [1.807, 2.05) is 0 Å². The fraction of sp³-hybridized carbons (Fsp3) is 0.100. The first-order valence-corrected chi connectivity index (χ1v) is 8.40. The quantitative estimate of drug-likeness (QED) is 0.747. The maximum atomic E-state index is 12.9. The SMILES string of the molecule is Cc1ccn(-c2cccnc2)c(=O)c1C(=O)Nc1cccc2c1CNC2=O. The zero-order valence-electron chi connectivity index (χ0n) is 14.5. The van der Waals surface area contributed by atoms with Crippen LogP contribution in [0.15, 0.2) is 59.8 Å². The number of rotatable bonds is 3. The Morgan fingerprint density at radius 3 is 2.81 bits per heavy atom. The molecule has 0 spiro atoms. The standard InChI is InChI=1S/C20H16N4O3/c1-12-7-9-24(13-4-3-8-21-10-13)20(27)17(12)19(26)23-16-6-2-5-14-15(16)11-22-18(14)25/h2-10H,11H2,1H3,(H,22,25)(H,23,26). The number of anilines is 1. The van der Waals surface area contributed by atoms with Crippen molar-refractivity contribution in [3.05, 3.63) is 87.6 Å². The van der Waals surface area contributed by atoms with Crippen molar-refractivity contribution in [3.63, 3.8) is 0 Å². The van der Waals surface area contributed by atoms with Gasteiger partial charge in [0.2, 0.25) is 0 Å². The molecule has 0 bridgehead atoms. The van der Waals surface area contributed by atoms with Crippen molar-refractivity contribution in [1.29, 1.82) is 0 Å². The van der Waals surface area contributed by atoms with Crippen LogP contribution in [0.25, 0.3) is 5.69 Å². The zero-order chi connectivity index (χ0) is 19.0. The molecule has 134 valence electrons. The van der Waals surface area contributed by atoms with Crippen LogP contribution in [-0.2, 0) is 6.54 Å². The van der Waals surface area contributed by atoms with Crippen LogP contribution in [0.5, 0.6) is 0 Å². The van der Waals surface area contributed by atoms with E-state index in [-0.39, 0.29) is 11.5 Å². The first-order valence-electron chi connectivity index (χ1n) is 8.40. The summed E-state index contributed by atoms with van der Waals surface area (Å²) in [6.45, 7) is 2.06. The minimum atomic E-state index is -0.511. The lowest BCUT2D eigenvalue weighted by Crippen LogP contribution is -2.29. The molecule has 0 saturated heterocycles. The van der Waals surface area contributed by atoms with Crippen LogP contribution < -0.4 is 16.2 Å². The van der Waals surface area contributed by atoms with Gasteiger partial charge in [0.1, 0.15) is 5.56 Å². The Morgan fingerprint density at radius 2 is 2.04 bits per heavy atom. The van der Waals surface area contributed by atoms with Crippen LogP contribution in [0.4, 0.5) is 5.69 Å². The Morgan fingerprint density at radius 1 is 1.19 bits per heavy atom. The minimum absolute atomic E-state index is 0.0521. The predicted octanol–water partition coefficient (Wildman–Crippen LogP) is 2.04. The van der Waals surface area contributed by atoms with Crippen molar-refractivity contribution in [2.75, 3.05) is 5.32 Å². The summed E-state index contributed by atoms with van der Waals surface area (Å²) in [5.74, 6) is -0.681. The highest BCUT2D eigenvalue weighted by molar-refractivity contribution is 6.07. The van der Waals surface area contributed by atoms with Crippen LogP contribution in [0, 0.1) is 6.92 Å². The summed E-state index contributed by atoms with van der Waals surface area (Å²) in [6, 6.07) is 10.3. The summed E-state index contributed by atoms with van der Waals surface area (Å²) in [7, 11) is 0. The average molecular weight is 360 g/mol. The molecule has 2 amide bonds. The minimum Gasteiger partial charge on any atom is -0.348 e. The molecule has 1 aliphatic heterocycles. The number of amides is 2. The van der Waals surface area contributed by atoms with Gasteiger partial charge < -0.3 is 10.6 Å². The second-order valence-corrected chi connectivity index (χ2v) is 6.23. The van der Waals surface area contributed by atoms with Gasteiger partial charge >= 0.3 is 0 Å². The number of benzene rings is 1. The number of aryl methyl sites for hydroxylation is 1. The number of carbonyl (C=O) groups excluding carboxylic acids is 2. The normalized spacial score (nSPS) is 12.4. The molecule has 1 aliphatic rings. The van der Waals surface area contributed by atoms with Crippen molar-refractivity contribution < 1.29 is 9.59 Å². The van der Waals surface area contributed by atoms with E-state index in [1.165, 1.54) is 4.57 Å². The van der Waals surface area contributed by atoms with E-state index in [1.54, 1.807) is 61.9 Å². The Bertz CT molecular complexity index is 1120. The van der Waals surface area contributed by atoms with E-state index in [4.69, 9.17) is 0 Å². The van der Waals surface area contributed by atoms with Gasteiger partial charge in [-0.05, 0) is 42.8 Å². The van der Waals surface area contributed by atoms with Gasteiger partial charge in [0.25, 0.3) is 17.4 Å². The first-order chi connectivity index (χ1) is 13.1. The fourth-order valence-corrected chi connectivity index (χ4v) is 3.16. The van der Waals surface area contributed by atoms with E-state index in [9.17, 15) is 14.4 Å². The van der Waals surface area contributed by atoms with E-state index in [0.717, 1.165) is 5.56 Å². The summed E-state index contributed by atoms with van der Waals surface area (Å²) in [6.07, 6.45) is 4.79. The van der Waals surface area contributed by atoms with Crippen LogP contribution >= 0.6 is 0 Å². The molecule has 1 aromatic carbocycles. The van der Waals surface area contributed by atoms with Crippen molar-refractivity contribution in [2.45, 2.75) is 13.5 Å². The molecule has 7 nitrogen and oxygen atoms in total. The molecule has 0 unspecified atom stereocenters. The van der Waals surface area contributed by atoms with Gasteiger partial charge in [-0.2, -0.15) is 0 Å². The Hall–Kier alpha value is -3.74. The Kier molecular flexibility index (Phi) is 4.04. The summed E-state index contributed by atoms with van der Waals surface area (Å²) < 4.78 is 1.38. The second-order valence-electron chi connectivity index (χ2n) is 6.23. The van der Waals surface area contributed by atoms with E-state index in [2.05, 4.69) is 15.6 Å². The maximum absolute atomic E-state index is 12.9. The molecular weight excluding hydrogens is 344 g/mol. The van der Waals surface area contributed by atoms with E-state index < -0.39 is 11.5 Å². The lowest BCUT2D eigenvalue weighted by atomic mass is 10.1. The van der Waals surface area contributed by atoms with Crippen molar-refractivity contribution in [2.24, 2.45) is 0 Å². The smallest absolute Gasteiger partial charge is 0.268 e. The third-order valence-electron chi connectivity index (χ3n) is 4.55. The van der Waals surface area contributed by atoms with Crippen LogP contribution in [-0.4, -0.2) is 21.4 Å². The van der Waals surface area contributed by atoms with Gasteiger partial charge in [0, 0.05) is 35.8 Å². The number of pyridine rings is 2. The van der Waals surface area contributed by atoms with Crippen LogP contribution in [0.3, 0.4) is 0 Å². The third kappa shape index (κ3) is 2.89. The lowest BCUT2D eigenvalue weighted by molar-refractivity contribution is 0.0964. The van der Waals surface area contributed by atoms with Crippen LogP contribution in [0.1, 0.15) is 31.8 Å². The van der Waals surface area contributed by atoms with Gasteiger partial charge in [-0.25, -0.2) is 0 Å². The molecule has 0 aliphatic carbocycles. The number of nitrogens with one attached hydrogen (secondary N) is 2. The largest absolute Gasteiger partial charge is 0.348 e. The zero-order valence-corrected chi connectivity index (χ0v) is 14.5. The highest BCUT2D eigenvalue weighted by atomic mass is 16.2. The lowest BCUT2D eigenvalue weighted by Gasteiger charge is -2.12. The molecule has 0 atom stereocenters. The number of fused-ring (bicyclic) bond motifs is 1. The molecule has 27 heavy (non-hydrogen) atoms. The van der Waals surface area contributed by atoms with Gasteiger partial charge in [0.05, 0.1) is 11.9 Å². The highest BCUT2D eigenvalue weighted by Crippen LogP contribution is 2.24. The number of carbonyl (C=O) groups is 2. The topological polar surface area (TPSA) is 93.1 Å². The molecule has 3 heterocycles. The second kappa shape index (κ2) is 6.53. The average Bonchev–Trinajstić information content (AvgIpc) is 3.05. The van der Waals surface area contributed by atoms with Crippen molar-refractivity contribution in [3.8, 4) is 5.69 Å². The monoisotopic (exact) mass is 360 g/mol. The first kappa shape index (κ1) is 16.7. The van der Waals surface area contributed by atoms with Crippen molar-refractivity contribution >= 4 is 17.5 Å². The molecule has 0 saturated carbocycles. The fourth-order valence-electron chi connectivity index (χ4n) is 3.16. The number of hydrogen-bond donors (Lipinski definition) is 2. The number of nitrogens with zero attached hydrogens (tertiary/aromatic N) is 2. The summed E-state index contributed by atoms with van der Waals surface area (Å²) in [5, 5.41) is 5.51. The number of hydrogen-bond acceptors (Lipinski definition) is 4. The highest BCUT2D eigenvalue weighted by Gasteiger charge is 2.23. The molecule has 4 rings (SSSR count). The number of aromatic nitrogens is 2. The summed E-state index contributed by atoms with van der Waals surface area (Å²) in [4.78, 5) is 41.6. The Balaban J connectivity index is 1.74. The molecule has 3 aromatic rings. The van der Waals surface area contributed by atoms with E-state index in [0.29, 0.717) is 29.0 Å². The molecule has 2 N–H and O–H groups in total.